The van der Waals surface area contributed by atoms with Crippen molar-refractivity contribution in [3.63, 3.8) is 0 Å². The van der Waals surface area contributed by atoms with Gasteiger partial charge in [0.15, 0.2) is 0 Å². The SMILES string of the molecule is CCCCC1NC(CCC)N(CC(C)SC)C1=O. The molecule has 0 bridgehead atoms. The molecule has 0 aromatic heterocycles. The summed E-state index contributed by atoms with van der Waals surface area (Å²) in [6.45, 7) is 7.43. The highest BCUT2D eigenvalue weighted by Crippen LogP contribution is 2.21. The van der Waals surface area contributed by atoms with Crippen LogP contribution in [0.1, 0.15) is 52.9 Å². The van der Waals surface area contributed by atoms with Crippen molar-refractivity contribution in [1.29, 1.82) is 0 Å². The lowest BCUT2D eigenvalue weighted by atomic mass is 10.1. The third kappa shape index (κ3) is 4.16. The Morgan fingerprint density at radius 2 is 2.06 bits per heavy atom. The van der Waals surface area contributed by atoms with Crippen LogP contribution in [0.2, 0.25) is 0 Å². The number of carbonyl (C=O) groups excluding carboxylic acids is 1. The highest BCUT2D eigenvalue weighted by Gasteiger charge is 2.37. The zero-order chi connectivity index (χ0) is 13.5. The molecule has 0 saturated carbocycles. The van der Waals surface area contributed by atoms with Crippen molar-refractivity contribution in [2.45, 2.75) is 70.3 Å². The van der Waals surface area contributed by atoms with E-state index in [-0.39, 0.29) is 12.2 Å². The van der Waals surface area contributed by atoms with Crippen molar-refractivity contribution >= 4 is 17.7 Å². The molecule has 0 aromatic carbocycles. The minimum atomic E-state index is 0.0653. The third-order valence-electron chi connectivity index (χ3n) is 3.62. The van der Waals surface area contributed by atoms with E-state index in [1.54, 1.807) is 0 Å². The van der Waals surface area contributed by atoms with Crippen LogP contribution in [0.5, 0.6) is 0 Å². The van der Waals surface area contributed by atoms with E-state index in [1.807, 2.05) is 11.8 Å². The smallest absolute Gasteiger partial charge is 0.241 e. The summed E-state index contributed by atoms with van der Waals surface area (Å²) in [6, 6.07) is 0.0653. The van der Waals surface area contributed by atoms with E-state index in [2.05, 4.69) is 37.2 Å². The Morgan fingerprint density at radius 1 is 1.33 bits per heavy atom. The minimum Gasteiger partial charge on any atom is -0.325 e. The fraction of sp³-hybridized carbons (Fsp3) is 0.929. The quantitative estimate of drug-likeness (QED) is 0.737. The largest absolute Gasteiger partial charge is 0.325 e. The summed E-state index contributed by atoms with van der Waals surface area (Å²) in [5.41, 5.74) is 0. The number of nitrogens with one attached hydrogen (secondary N) is 1. The van der Waals surface area contributed by atoms with E-state index < -0.39 is 0 Å². The Morgan fingerprint density at radius 3 is 2.61 bits per heavy atom. The molecule has 1 saturated heterocycles. The maximum atomic E-state index is 12.4. The van der Waals surface area contributed by atoms with Crippen LogP contribution >= 0.6 is 11.8 Å². The first-order valence-electron chi connectivity index (χ1n) is 7.23. The van der Waals surface area contributed by atoms with Crippen molar-refractivity contribution in [1.82, 2.24) is 10.2 Å². The molecule has 0 radical (unpaired) electrons. The molecule has 1 heterocycles. The highest BCUT2D eigenvalue weighted by atomic mass is 32.2. The zero-order valence-corrected chi connectivity index (χ0v) is 13.1. The van der Waals surface area contributed by atoms with Crippen LogP contribution < -0.4 is 5.32 Å². The van der Waals surface area contributed by atoms with Gasteiger partial charge in [-0.3, -0.25) is 10.1 Å². The molecule has 0 spiro atoms. The van der Waals surface area contributed by atoms with E-state index in [1.165, 1.54) is 0 Å². The third-order valence-corrected chi connectivity index (χ3v) is 4.57. The number of thioether (sulfide) groups is 1. The molecular formula is C14H28N2OS. The molecule has 3 unspecified atom stereocenters. The van der Waals surface area contributed by atoms with Crippen molar-refractivity contribution in [2.75, 3.05) is 12.8 Å². The maximum absolute atomic E-state index is 12.4. The lowest BCUT2D eigenvalue weighted by molar-refractivity contribution is -0.130. The standard InChI is InChI=1S/C14H28N2OS/c1-5-7-9-12-14(17)16(10-11(3)18-4)13(15-12)8-6-2/h11-13,15H,5-10H2,1-4H3. The molecule has 1 aliphatic heterocycles. The lowest BCUT2D eigenvalue weighted by Crippen LogP contribution is -2.40. The van der Waals surface area contributed by atoms with Gasteiger partial charge in [0.25, 0.3) is 0 Å². The van der Waals surface area contributed by atoms with E-state index in [4.69, 9.17) is 0 Å². The number of amides is 1. The molecule has 3 nitrogen and oxygen atoms in total. The van der Waals surface area contributed by atoms with Crippen molar-refractivity contribution in [2.24, 2.45) is 0 Å². The van der Waals surface area contributed by atoms with Gasteiger partial charge in [0.1, 0.15) is 0 Å². The Kier molecular flexibility index (Phi) is 7.08. The van der Waals surface area contributed by atoms with Crippen LogP contribution in [0.15, 0.2) is 0 Å². The molecule has 3 atom stereocenters. The molecule has 4 heteroatoms. The van der Waals surface area contributed by atoms with Crippen LogP contribution in [0, 0.1) is 0 Å². The predicted molar refractivity (Wildman–Crippen MR) is 79.8 cm³/mol. The van der Waals surface area contributed by atoms with Crippen LogP contribution in [0.25, 0.3) is 0 Å². The molecule has 18 heavy (non-hydrogen) atoms. The van der Waals surface area contributed by atoms with Gasteiger partial charge < -0.3 is 4.90 Å². The molecule has 1 fully saturated rings. The number of carbonyl (C=O) groups is 1. The first-order valence-corrected chi connectivity index (χ1v) is 8.52. The molecule has 106 valence electrons. The van der Waals surface area contributed by atoms with Gasteiger partial charge in [-0.15, -0.1) is 0 Å². The van der Waals surface area contributed by atoms with Crippen LogP contribution in [-0.4, -0.2) is 41.1 Å². The number of nitrogens with zero attached hydrogens (tertiary/aromatic N) is 1. The van der Waals surface area contributed by atoms with Gasteiger partial charge in [-0.2, -0.15) is 11.8 Å². The van der Waals surface area contributed by atoms with E-state index in [0.717, 1.165) is 38.6 Å². The van der Waals surface area contributed by atoms with E-state index >= 15 is 0 Å². The first kappa shape index (κ1) is 15.8. The number of rotatable bonds is 8. The predicted octanol–water partition coefficient (Wildman–Crippen LogP) is 2.85. The van der Waals surface area contributed by atoms with Gasteiger partial charge in [-0.05, 0) is 19.1 Å². The van der Waals surface area contributed by atoms with E-state index in [9.17, 15) is 4.79 Å². The van der Waals surface area contributed by atoms with Gasteiger partial charge in [0.05, 0.1) is 12.2 Å². The Bertz CT molecular complexity index is 260. The van der Waals surface area contributed by atoms with Crippen LogP contribution in [-0.2, 0) is 4.79 Å². The summed E-state index contributed by atoms with van der Waals surface area (Å²) >= 11 is 1.83. The summed E-state index contributed by atoms with van der Waals surface area (Å²) in [5, 5.41) is 4.04. The number of hydrogen-bond donors (Lipinski definition) is 1. The highest BCUT2D eigenvalue weighted by molar-refractivity contribution is 7.99. The Hall–Kier alpha value is -0.220. The Labute approximate surface area is 116 Å². The summed E-state index contributed by atoms with van der Waals surface area (Å²) in [4.78, 5) is 14.5. The second-order valence-electron chi connectivity index (χ2n) is 5.20. The van der Waals surface area contributed by atoms with Crippen LogP contribution in [0.3, 0.4) is 0 Å². The Balaban J connectivity index is 2.61. The first-order chi connectivity index (χ1) is 8.63. The fourth-order valence-corrected chi connectivity index (χ4v) is 2.75. The van der Waals surface area contributed by atoms with Gasteiger partial charge >= 0.3 is 0 Å². The second-order valence-corrected chi connectivity index (χ2v) is 6.48. The second kappa shape index (κ2) is 8.05. The molecule has 1 aliphatic rings. The lowest BCUT2D eigenvalue weighted by Gasteiger charge is -2.26. The molecule has 0 aliphatic carbocycles. The van der Waals surface area contributed by atoms with Crippen LogP contribution in [0.4, 0.5) is 0 Å². The minimum absolute atomic E-state index is 0.0653. The molecular weight excluding hydrogens is 244 g/mol. The van der Waals surface area contributed by atoms with Gasteiger partial charge in [-0.1, -0.05) is 40.0 Å². The maximum Gasteiger partial charge on any atom is 0.241 e. The molecule has 0 aromatic rings. The number of hydrogen-bond acceptors (Lipinski definition) is 3. The van der Waals surface area contributed by atoms with E-state index in [0.29, 0.717) is 11.2 Å². The average Bonchev–Trinajstić information content (AvgIpc) is 2.65. The molecule has 1 amide bonds. The van der Waals surface area contributed by atoms with Gasteiger partial charge in [0, 0.05) is 11.8 Å². The van der Waals surface area contributed by atoms with Gasteiger partial charge in [0.2, 0.25) is 5.91 Å². The zero-order valence-electron chi connectivity index (χ0n) is 12.2. The fourth-order valence-electron chi connectivity index (χ4n) is 2.44. The molecule has 1 N–H and O–H groups in total. The summed E-state index contributed by atoms with van der Waals surface area (Å²) in [7, 11) is 0. The average molecular weight is 272 g/mol. The summed E-state index contributed by atoms with van der Waals surface area (Å²) in [6.07, 6.45) is 7.84. The van der Waals surface area contributed by atoms with Crippen molar-refractivity contribution in [3.8, 4) is 0 Å². The van der Waals surface area contributed by atoms with Crippen molar-refractivity contribution in [3.05, 3.63) is 0 Å². The van der Waals surface area contributed by atoms with Gasteiger partial charge in [-0.25, -0.2) is 0 Å². The molecule has 1 rings (SSSR count). The van der Waals surface area contributed by atoms with Crippen molar-refractivity contribution < 1.29 is 4.79 Å². The summed E-state index contributed by atoms with van der Waals surface area (Å²) in [5.74, 6) is 0.322. The number of unbranched alkanes of at least 4 members (excludes halogenated alkanes) is 1. The summed E-state index contributed by atoms with van der Waals surface area (Å²) < 4.78 is 0. The monoisotopic (exact) mass is 272 g/mol. The topological polar surface area (TPSA) is 32.3 Å². The normalized spacial score (nSPS) is 25.8.